The number of aromatic nitrogens is 2. The number of nitrogens with zero attached hydrogens (tertiary/aromatic N) is 2. The van der Waals surface area contributed by atoms with Crippen molar-refractivity contribution in [2.24, 2.45) is 7.05 Å². The lowest BCUT2D eigenvalue weighted by molar-refractivity contribution is 0.0936. The molecule has 0 aromatic carbocycles. The molecule has 1 amide bonds. The number of ether oxygens (including phenoxy) is 1. The van der Waals surface area contributed by atoms with Gasteiger partial charge in [-0.2, -0.15) is 5.10 Å². The van der Waals surface area contributed by atoms with E-state index in [2.05, 4.69) is 10.4 Å². The number of nitrogens with two attached hydrogens (primary N) is 1. The number of aryl methyl sites for hydroxylation is 2. The number of hydrogen-bond donors (Lipinski definition) is 2. The van der Waals surface area contributed by atoms with Gasteiger partial charge in [-0.3, -0.25) is 9.48 Å². The molecule has 0 saturated carbocycles. The van der Waals surface area contributed by atoms with E-state index in [1.807, 2.05) is 6.92 Å². The van der Waals surface area contributed by atoms with Crippen molar-refractivity contribution in [2.75, 3.05) is 25.5 Å². The van der Waals surface area contributed by atoms with Gasteiger partial charge in [0.1, 0.15) is 5.69 Å². The van der Waals surface area contributed by atoms with Gasteiger partial charge in [-0.15, -0.1) is 0 Å². The molecule has 0 aliphatic heterocycles. The van der Waals surface area contributed by atoms with E-state index in [0.29, 0.717) is 36.8 Å². The molecule has 96 valence electrons. The van der Waals surface area contributed by atoms with Gasteiger partial charge in [0.2, 0.25) is 0 Å². The molecule has 0 spiro atoms. The third-order valence-electron chi connectivity index (χ3n) is 2.44. The summed E-state index contributed by atoms with van der Waals surface area (Å²) in [5.74, 6) is -0.193. The molecule has 1 heterocycles. The highest BCUT2D eigenvalue weighted by Crippen LogP contribution is 2.14. The highest BCUT2D eigenvalue weighted by Gasteiger charge is 2.16. The van der Waals surface area contributed by atoms with Crippen LogP contribution in [0.25, 0.3) is 0 Å². The fourth-order valence-electron chi connectivity index (χ4n) is 1.55. The predicted octanol–water partition coefficient (Wildman–Crippen LogP) is 0.467. The molecule has 3 N–H and O–H groups in total. The summed E-state index contributed by atoms with van der Waals surface area (Å²) in [5, 5.41) is 6.89. The van der Waals surface area contributed by atoms with Gasteiger partial charge in [0.05, 0.1) is 11.4 Å². The van der Waals surface area contributed by atoms with Crippen molar-refractivity contribution in [3.63, 3.8) is 0 Å². The predicted molar refractivity (Wildman–Crippen MR) is 65.8 cm³/mol. The molecule has 1 aromatic rings. The first-order valence-electron chi connectivity index (χ1n) is 5.73. The third kappa shape index (κ3) is 3.45. The zero-order chi connectivity index (χ0) is 12.8. The molecule has 0 atom stereocenters. The lowest BCUT2D eigenvalue weighted by atomic mass is 10.3. The van der Waals surface area contributed by atoms with Crippen LogP contribution in [-0.2, 0) is 11.8 Å². The number of carbonyl (C=O) groups is 1. The van der Waals surface area contributed by atoms with Crippen molar-refractivity contribution >= 4 is 11.6 Å². The Morgan fingerprint density at radius 3 is 2.82 bits per heavy atom. The fraction of sp³-hybridized carbons (Fsp3) is 0.636. The summed E-state index contributed by atoms with van der Waals surface area (Å²) in [7, 11) is 1.71. The third-order valence-corrected chi connectivity index (χ3v) is 2.44. The number of anilines is 1. The van der Waals surface area contributed by atoms with E-state index in [1.165, 1.54) is 4.68 Å². The van der Waals surface area contributed by atoms with Crippen molar-refractivity contribution in [1.29, 1.82) is 0 Å². The quantitative estimate of drug-likeness (QED) is 0.708. The van der Waals surface area contributed by atoms with Crippen LogP contribution in [0, 0.1) is 6.92 Å². The number of rotatable bonds is 6. The first-order valence-corrected chi connectivity index (χ1v) is 5.73. The molecule has 0 aliphatic rings. The Kier molecular flexibility index (Phi) is 4.96. The first-order chi connectivity index (χ1) is 8.07. The monoisotopic (exact) mass is 240 g/mol. The summed E-state index contributed by atoms with van der Waals surface area (Å²) in [6.07, 6.45) is 0.788. The van der Waals surface area contributed by atoms with Crippen LogP contribution in [0.15, 0.2) is 0 Å². The molecule has 0 fully saturated rings. The number of nitrogen functional groups attached to an aromatic ring is 1. The Morgan fingerprint density at radius 2 is 2.29 bits per heavy atom. The van der Waals surface area contributed by atoms with Gasteiger partial charge >= 0.3 is 0 Å². The molecule has 0 radical (unpaired) electrons. The second kappa shape index (κ2) is 6.24. The number of nitrogens with one attached hydrogen (secondary N) is 1. The Balaban J connectivity index is 2.47. The Morgan fingerprint density at radius 1 is 1.59 bits per heavy atom. The molecule has 0 saturated heterocycles. The summed E-state index contributed by atoms with van der Waals surface area (Å²) in [6.45, 7) is 5.64. The van der Waals surface area contributed by atoms with Crippen molar-refractivity contribution in [1.82, 2.24) is 15.1 Å². The van der Waals surface area contributed by atoms with Crippen LogP contribution < -0.4 is 11.1 Å². The largest absolute Gasteiger partial charge is 0.395 e. The Labute approximate surface area is 101 Å². The van der Waals surface area contributed by atoms with E-state index in [-0.39, 0.29) is 5.91 Å². The van der Waals surface area contributed by atoms with Crippen LogP contribution in [0.2, 0.25) is 0 Å². The zero-order valence-corrected chi connectivity index (χ0v) is 10.6. The van der Waals surface area contributed by atoms with Crippen LogP contribution in [-0.4, -0.2) is 35.4 Å². The van der Waals surface area contributed by atoms with Gasteiger partial charge < -0.3 is 15.8 Å². The van der Waals surface area contributed by atoms with Gasteiger partial charge in [-0.1, -0.05) is 0 Å². The molecular weight excluding hydrogens is 220 g/mol. The maximum absolute atomic E-state index is 11.8. The van der Waals surface area contributed by atoms with Crippen LogP contribution in [0.3, 0.4) is 0 Å². The summed E-state index contributed by atoms with van der Waals surface area (Å²) in [4.78, 5) is 11.8. The van der Waals surface area contributed by atoms with Gasteiger partial charge in [-0.25, -0.2) is 0 Å². The average Bonchev–Trinajstić information content (AvgIpc) is 2.53. The summed E-state index contributed by atoms with van der Waals surface area (Å²) in [5.41, 5.74) is 7.32. The van der Waals surface area contributed by atoms with Crippen molar-refractivity contribution in [2.45, 2.75) is 20.3 Å². The van der Waals surface area contributed by atoms with Crippen LogP contribution in [0.4, 0.5) is 5.69 Å². The minimum Gasteiger partial charge on any atom is -0.395 e. The van der Waals surface area contributed by atoms with Crippen LogP contribution >= 0.6 is 0 Å². The Bertz CT molecular complexity index is 387. The highest BCUT2D eigenvalue weighted by molar-refractivity contribution is 5.97. The average molecular weight is 240 g/mol. The molecule has 6 nitrogen and oxygen atoms in total. The minimum absolute atomic E-state index is 0.193. The van der Waals surface area contributed by atoms with Gasteiger partial charge in [0.25, 0.3) is 5.91 Å². The molecule has 1 rings (SSSR count). The second-order valence-corrected chi connectivity index (χ2v) is 3.78. The number of amides is 1. The molecule has 0 aliphatic carbocycles. The lowest BCUT2D eigenvalue weighted by Gasteiger charge is -2.06. The normalized spacial score (nSPS) is 10.5. The van der Waals surface area contributed by atoms with E-state index in [9.17, 15) is 4.79 Å². The molecule has 1 aromatic heterocycles. The maximum Gasteiger partial charge on any atom is 0.271 e. The van der Waals surface area contributed by atoms with E-state index in [4.69, 9.17) is 10.5 Å². The van der Waals surface area contributed by atoms with Crippen molar-refractivity contribution in [3.05, 3.63) is 11.4 Å². The number of carbonyl (C=O) groups excluding carboxylic acids is 1. The topological polar surface area (TPSA) is 82.2 Å². The molecule has 6 heteroatoms. The SMILES string of the molecule is CCOCCCNC(=O)c1c(N)c(C)nn1C. The smallest absolute Gasteiger partial charge is 0.271 e. The van der Waals surface area contributed by atoms with Crippen LogP contribution in [0.1, 0.15) is 29.5 Å². The van der Waals surface area contributed by atoms with E-state index < -0.39 is 0 Å². The van der Waals surface area contributed by atoms with E-state index in [1.54, 1.807) is 14.0 Å². The standard InChI is InChI=1S/C11H20N4O2/c1-4-17-7-5-6-13-11(16)10-9(12)8(2)14-15(10)3/h4-7,12H2,1-3H3,(H,13,16). The second-order valence-electron chi connectivity index (χ2n) is 3.78. The van der Waals surface area contributed by atoms with Gasteiger partial charge in [0, 0.05) is 26.8 Å². The molecule has 17 heavy (non-hydrogen) atoms. The summed E-state index contributed by atoms with van der Waals surface area (Å²) < 4.78 is 6.68. The molecule has 0 unspecified atom stereocenters. The summed E-state index contributed by atoms with van der Waals surface area (Å²) >= 11 is 0. The maximum atomic E-state index is 11.8. The molecular formula is C11H20N4O2. The molecule has 0 bridgehead atoms. The lowest BCUT2D eigenvalue weighted by Crippen LogP contribution is -2.28. The number of hydrogen-bond acceptors (Lipinski definition) is 4. The van der Waals surface area contributed by atoms with Crippen molar-refractivity contribution < 1.29 is 9.53 Å². The van der Waals surface area contributed by atoms with Gasteiger partial charge in [0.15, 0.2) is 0 Å². The first kappa shape index (κ1) is 13.5. The zero-order valence-electron chi connectivity index (χ0n) is 10.6. The van der Waals surface area contributed by atoms with Gasteiger partial charge in [-0.05, 0) is 20.3 Å². The van der Waals surface area contributed by atoms with E-state index in [0.717, 1.165) is 6.42 Å². The van der Waals surface area contributed by atoms with E-state index >= 15 is 0 Å². The fourth-order valence-corrected chi connectivity index (χ4v) is 1.55. The van der Waals surface area contributed by atoms with Crippen LogP contribution in [0.5, 0.6) is 0 Å². The summed E-state index contributed by atoms with van der Waals surface area (Å²) in [6, 6.07) is 0. The highest BCUT2D eigenvalue weighted by atomic mass is 16.5. The Hall–Kier alpha value is -1.56. The van der Waals surface area contributed by atoms with Crippen molar-refractivity contribution in [3.8, 4) is 0 Å². The minimum atomic E-state index is -0.193.